The molecule has 2 rings (SSSR count). The normalized spacial score (nSPS) is 10.1. The van der Waals surface area contributed by atoms with E-state index in [1.165, 1.54) is 30.3 Å². The van der Waals surface area contributed by atoms with Crippen LogP contribution < -0.4 is 10.9 Å². The Balaban J connectivity index is 2.10. The Labute approximate surface area is 146 Å². The fourth-order valence-corrected chi connectivity index (χ4v) is 2.25. The van der Waals surface area contributed by atoms with Gasteiger partial charge in [0.1, 0.15) is 0 Å². The lowest BCUT2D eigenvalue weighted by atomic mass is 10.1. The Morgan fingerprint density at radius 1 is 1.04 bits per heavy atom. The number of nitrogens with one attached hydrogen (secondary N) is 2. The van der Waals surface area contributed by atoms with Gasteiger partial charge in [-0.2, -0.15) is 0 Å². The van der Waals surface area contributed by atoms with E-state index in [9.17, 15) is 19.7 Å². The summed E-state index contributed by atoms with van der Waals surface area (Å²) in [5, 5.41) is 11.4. The smallest absolute Gasteiger partial charge is 0.267 e. The van der Waals surface area contributed by atoms with Gasteiger partial charge in [0, 0.05) is 22.2 Å². The van der Waals surface area contributed by atoms with E-state index in [-0.39, 0.29) is 21.8 Å². The highest BCUT2D eigenvalue weighted by molar-refractivity contribution is 6.35. The van der Waals surface area contributed by atoms with E-state index in [0.29, 0.717) is 10.6 Å². The van der Waals surface area contributed by atoms with Crippen LogP contribution in [0.25, 0.3) is 0 Å². The third-order valence-electron chi connectivity index (χ3n) is 3.13. The molecular formula is C15H11Cl2N3O4. The topological polar surface area (TPSA) is 101 Å². The molecule has 2 N–H and O–H groups in total. The van der Waals surface area contributed by atoms with Gasteiger partial charge in [-0.25, -0.2) is 0 Å². The second-order valence-corrected chi connectivity index (χ2v) is 5.63. The first-order valence-corrected chi connectivity index (χ1v) is 7.36. The van der Waals surface area contributed by atoms with Crippen LogP contribution in [0.5, 0.6) is 0 Å². The predicted octanol–water partition coefficient (Wildman–Crippen LogP) is 3.28. The summed E-state index contributed by atoms with van der Waals surface area (Å²) in [5.41, 5.74) is 4.69. The first kappa shape index (κ1) is 17.7. The minimum Gasteiger partial charge on any atom is -0.267 e. The number of hydrogen-bond acceptors (Lipinski definition) is 4. The standard InChI is InChI=1S/C15H11Cl2N3O4/c1-8-2-3-9(6-13(8)20(23)24)14(21)18-19-15(22)11-7-10(16)4-5-12(11)17/h2-7H,1H3,(H,18,21)(H,19,22). The first-order valence-electron chi connectivity index (χ1n) is 6.60. The second kappa shape index (κ2) is 7.29. The van der Waals surface area contributed by atoms with Crippen LogP contribution in [-0.2, 0) is 0 Å². The largest absolute Gasteiger partial charge is 0.273 e. The number of hydrogen-bond donors (Lipinski definition) is 2. The number of nitrogens with zero attached hydrogens (tertiary/aromatic N) is 1. The van der Waals surface area contributed by atoms with Crippen molar-refractivity contribution < 1.29 is 14.5 Å². The number of nitro groups is 1. The van der Waals surface area contributed by atoms with Crippen molar-refractivity contribution in [1.29, 1.82) is 0 Å². The van der Waals surface area contributed by atoms with Crippen molar-refractivity contribution in [2.75, 3.05) is 0 Å². The van der Waals surface area contributed by atoms with Crippen LogP contribution >= 0.6 is 23.2 Å². The minimum atomic E-state index is -0.704. The van der Waals surface area contributed by atoms with E-state index in [2.05, 4.69) is 10.9 Å². The zero-order chi connectivity index (χ0) is 17.9. The van der Waals surface area contributed by atoms with Gasteiger partial charge in [0.05, 0.1) is 15.5 Å². The Bertz CT molecular complexity index is 839. The molecule has 0 heterocycles. The van der Waals surface area contributed by atoms with Gasteiger partial charge >= 0.3 is 0 Å². The van der Waals surface area contributed by atoms with Crippen molar-refractivity contribution in [2.45, 2.75) is 6.92 Å². The molecule has 0 bridgehead atoms. The number of halogens is 2. The maximum atomic E-state index is 12.0. The first-order chi connectivity index (χ1) is 11.3. The average molecular weight is 368 g/mol. The SMILES string of the molecule is Cc1ccc(C(=O)NNC(=O)c2cc(Cl)ccc2Cl)cc1[N+](=O)[O-]. The van der Waals surface area contributed by atoms with Crippen LogP contribution in [0.4, 0.5) is 5.69 Å². The van der Waals surface area contributed by atoms with Gasteiger partial charge < -0.3 is 0 Å². The lowest BCUT2D eigenvalue weighted by Crippen LogP contribution is -2.41. The molecule has 0 aliphatic rings. The van der Waals surface area contributed by atoms with Gasteiger partial charge in [0.15, 0.2) is 0 Å². The summed E-state index contributed by atoms with van der Waals surface area (Å²) in [4.78, 5) is 34.3. The van der Waals surface area contributed by atoms with Gasteiger partial charge in [-0.05, 0) is 31.2 Å². The molecule has 0 saturated carbocycles. The number of aryl methyl sites for hydroxylation is 1. The molecule has 124 valence electrons. The highest BCUT2D eigenvalue weighted by Gasteiger charge is 2.16. The van der Waals surface area contributed by atoms with Gasteiger partial charge in [0.2, 0.25) is 0 Å². The van der Waals surface area contributed by atoms with Gasteiger partial charge in [0.25, 0.3) is 17.5 Å². The molecule has 9 heteroatoms. The van der Waals surface area contributed by atoms with Crippen LogP contribution in [0, 0.1) is 17.0 Å². The predicted molar refractivity (Wildman–Crippen MR) is 89.2 cm³/mol. The van der Waals surface area contributed by atoms with Crippen molar-refractivity contribution in [3.8, 4) is 0 Å². The van der Waals surface area contributed by atoms with Crippen molar-refractivity contribution in [2.24, 2.45) is 0 Å². The van der Waals surface area contributed by atoms with E-state index in [1.807, 2.05) is 0 Å². The highest BCUT2D eigenvalue weighted by Crippen LogP contribution is 2.21. The van der Waals surface area contributed by atoms with E-state index >= 15 is 0 Å². The molecule has 0 aromatic heterocycles. The van der Waals surface area contributed by atoms with Crippen molar-refractivity contribution in [3.63, 3.8) is 0 Å². The van der Waals surface area contributed by atoms with Crippen molar-refractivity contribution in [3.05, 3.63) is 73.2 Å². The Kier molecular flexibility index (Phi) is 5.38. The molecule has 24 heavy (non-hydrogen) atoms. The van der Waals surface area contributed by atoms with E-state index in [0.717, 1.165) is 6.07 Å². The highest BCUT2D eigenvalue weighted by atomic mass is 35.5. The number of amides is 2. The van der Waals surface area contributed by atoms with Crippen molar-refractivity contribution >= 4 is 40.7 Å². The Morgan fingerprint density at radius 3 is 2.38 bits per heavy atom. The summed E-state index contributed by atoms with van der Waals surface area (Å²) in [6.45, 7) is 1.56. The van der Waals surface area contributed by atoms with E-state index in [4.69, 9.17) is 23.2 Å². The van der Waals surface area contributed by atoms with Crippen LogP contribution in [-0.4, -0.2) is 16.7 Å². The molecule has 2 aromatic rings. The summed E-state index contributed by atoms with van der Waals surface area (Å²) in [6, 6.07) is 8.30. The fourth-order valence-electron chi connectivity index (χ4n) is 1.87. The fraction of sp³-hybridized carbons (Fsp3) is 0.0667. The summed E-state index contributed by atoms with van der Waals surface area (Å²) in [6.07, 6.45) is 0. The molecule has 0 spiro atoms. The molecular weight excluding hydrogens is 357 g/mol. The number of carbonyl (C=O) groups excluding carboxylic acids is 2. The van der Waals surface area contributed by atoms with Gasteiger partial charge in [-0.1, -0.05) is 29.3 Å². The molecule has 0 unspecified atom stereocenters. The summed E-state index contributed by atoms with van der Waals surface area (Å²) < 4.78 is 0. The lowest BCUT2D eigenvalue weighted by molar-refractivity contribution is -0.385. The number of hydrazine groups is 1. The van der Waals surface area contributed by atoms with Crippen LogP contribution in [0.15, 0.2) is 36.4 Å². The minimum absolute atomic E-state index is 0.0322. The third-order valence-corrected chi connectivity index (χ3v) is 3.70. The zero-order valence-electron chi connectivity index (χ0n) is 12.3. The van der Waals surface area contributed by atoms with Gasteiger partial charge in [-0.3, -0.25) is 30.6 Å². The van der Waals surface area contributed by atoms with Crippen LogP contribution in [0.2, 0.25) is 10.0 Å². The maximum Gasteiger partial charge on any atom is 0.273 e. The second-order valence-electron chi connectivity index (χ2n) is 4.79. The summed E-state index contributed by atoms with van der Waals surface area (Å²) in [5.74, 6) is -1.37. The Morgan fingerprint density at radius 2 is 1.71 bits per heavy atom. The van der Waals surface area contributed by atoms with Crippen LogP contribution in [0.3, 0.4) is 0 Å². The van der Waals surface area contributed by atoms with Gasteiger partial charge in [-0.15, -0.1) is 0 Å². The number of carbonyl (C=O) groups is 2. The molecule has 0 saturated heterocycles. The van der Waals surface area contributed by atoms with Crippen LogP contribution in [0.1, 0.15) is 26.3 Å². The molecule has 0 radical (unpaired) electrons. The molecule has 0 fully saturated rings. The molecule has 7 nitrogen and oxygen atoms in total. The molecule has 0 aliphatic carbocycles. The molecule has 0 atom stereocenters. The zero-order valence-corrected chi connectivity index (χ0v) is 13.8. The lowest BCUT2D eigenvalue weighted by Gasteiger charge is -2.09. The number of rotatable bonds is 3. The average Bonchev–Trinajstić information content (AvgIpc) is 2.54. The molecule has 2 aromatic carbocycles. The Hall–Kier alpha value is -2.64. The van der Waals surface area contributed by atoms with E-state index in [1.54, 1.807) is 6.92 Å². The third kappa shape index (κ3) is 4.01. The summed E-state index contributed by atoms with van der Waals surface area (Å²) in [7, 11) is 0. The number of nitro benzene ring substituents is 1. The monoisotopic (exact) mass is 367 g/mol. The summed E-state index contributed by atoms with van der Waals surface area (Å²) >= 11 is 11.7. The molecule has 0 aliphatic heterocycles. The number of benzene rings is 2. The quantitative estimate of drug-likeness (QED) is 0.641. The maximum absolute atomic E-state index is 12.0. The van der Waals surface area contributed by atoms with Crippen molar-refractivity contribution in [1.82, 2.24) is 10.9 Å². The molecule has 2 amide bonds. The van der Waals surface area contributed by atoms with E-state index < -0.39 is 16.7 Å².